The second kappa shape index (κ2) is 6.13. The van der Waals surface area contributed by atoms with Crippen LogP contribution in [-0.4, -0.2) is 24.6 Å². The maximum Gasteiger partial charge on any atom is 0.0562 e. The molecule has 0 aromatic carbocycles. The summed E-state index contributed by atoms with van der Waals surface area (Å²) in [6.45, 7) is 8.92. The van der Waals surface area contributed by atoms with Gasteiger partial charge in [0.25, 0.3) is 0 Å². The number of anilines is 1. The van der Waals surface area contributed by atoms with E-state index >= 15 is 0 Å². The maximum absolute atomic E-state index is 4.49. The number of nitrogens with one attached hydrogen (secondary N) is 1. The zero-order valence-corrected chi connectivity index (χ0v) is 12.8. The highest BCUT2D eigenvalue weighted by Crippen LogP contribution is 2.39. The smallest absolute Gasteiger partial charge is 0.0562 e. The molecule has 0 bridgehead atoms. The average Bonchev–Trinajstić information content (AvgIpc) is 2.99. The minimum atomic E-state index is 0.691. The molecule has 2 aliphatic rings. The summed E-state index contributed by atoms with van der Waals surface area (Å²) in [6, 6.07) is 4.45. The normalized spacial score (nSPS) is 25.4. The van der Waals surface area contributed by atoms with Crippen molar-refractivity contribution >= 4 is 5.69 Å². The van der Waals surface area contributed by atoms with Gasteiger partial charge in [0.05, 0.1) is 5.69 Å². The van der Waals surface area contributed by atoms with Gasteiger partial charge in [0, 0.05) is 31.5 Å². The van der Waals surface area contributed by atoms with Gasteiger partial charge in [-0.25, -0.2) is 0 Å². The van der Waals surface area contributed by atoms with E-state index in [0.29, 0.717) is 5.92 Å². The lowest BCUT2D eigenvalue weighted by Crippen LogP contribution is -2.22. The molecule has 0 amide bonds. The molecule has 1 aromatic heterocycles. The second-order valence-electron chi connectivity index (χ2n) is 6.89. The van der Waals surface area contributed by atoms with Crippen molar-refractivity contribution in [1.29, 1.82) is 0 Å². The lowest BCUT2D eigenvalue weighted by molar-refractivity contribution is 0.494. The van der Waals surface area contributed by atoms with Crippen molar-refractivity contribution < 1.29 is 0 Å². The Morgan fingerprint density at radius 1 is 1.30 bits per heavy atom. The molecule has 1 aliphatic heterocycles. The molecule has 1 aromatic rings. The van der Waals surface area contributed by atoms with E-state index in [1.807, 2.05) is 6.20 Å². The van der Waals surface area contributed by atoms with Crippen LogP contribution in [0.3, 0.4) is 0 Å². The Kier molecular flexibility index (Phi) is 4.25. The molecule has 2 heterocycles. The minimum absolute atomic E-state index is 0.691. The molecule has 1 saturated carbocycles. The summed E-state index contributed by atoms with van der Waals surface area (Å²) in [5.41, 5.74) is 2.54. The molecule has 1 saturated heterocycles. The first-order valence-corrected chi connectivity index (χ1v) is 8.13. The Hall–Kier alpha value is -1.09. The molecular formula is C17H27N3. The monoisotopic (exact) mass is 273 g/mol. The predicted octanol–water partition coefficient (Wildman–Crippen LogP) is 3.06. The molecule has 0 radical (unpaired) electrons. The van der Waals surface area contributed by atoms with E-state index < -0.39 is 0 Å². The number of pyridine rings is 1. The van der Waals surface area contributed by atoms with Gasteiger partial charge in [-0.05, 0) is 49.3 Å². The molecule has 2 atom stereocenters. The zero-order valence-electron chi connectivity index (χ0n) is 12.8. The topological polar surface area (TPSA) is 28.2 Å². The lowest BCUT2D eigenvalue weighted by atomic mass is 10.0. The summed E-state index contributed by atoms with van der Waals surface area (Å²) in [4.78, 5) is 7.06. The van der Waals surface area contributed by atoms with Crippen molar-refractivity contribution in [3.63, 3.8) is 0 Å². The van der Waals surface area contributed by atoms with E-state index in [0.717, 1.165) is 24.9 Å². The van der Waals surface area contributed by atoms with Crippen molar-refractivity contribution in [2.45, 2.75) is 39.7 Å². The number of nitrogens with zero attached hydrogens (tertiary/aromatic N) is 2. The molecule has 110 valence electrons. The predicted molar refractivity (Wildman–Crippen MR) is 83.8 cm³/mol. The van der Waals surface area contributed by atoms with E-state index in [4.69, 9.17) is 0 Å². The fraction of sp³-hybridized carbons (Fsp3) is 0.706. The quantitative estimate of drug-likeness (QED) is 0.893. The number of aromatic nitrogens is 1. The molecular weight excluding hydrogens is 246 g/mol. The number of hydrogen-bond donors (Lipinski definition) is 1. The summed E-state index contributed by atoms with van der Waals surface area (Å²) in [7, 11) is 0. The highest BCUT2D eigenvalue weighted by atomic mass is 15.2. The number of rotatable bonds is 5. The van der Waals surface area contributed by atoms with Crippen LogP contribution in [0.25, 0.3) is 0 Å². The summed E-state index contributed by atoms with van der Waals surface area (Å²) >= 11 is 0. The van der Waals surface area contributed by atoms with Gasteiger partial charge in [0.2, 0.25) is 0 Å². The van der Waals surface area contributed by atoms with Crippen LogP contribution in [0.5, 0.6) is 0 Å². The van der Waals surface area contributed by atoms with Gasteiger partial charge in [-0.3, -0.25) is 4.98 Å². The SMILES string of the molecule is CC(C)CNCc1cc(N2CC3CCCC3C2)ccn1. The zero-order chi connectivity index (χ0) is 13.9. The molecule has 3 nitrogen and oxygen atoms in total. The molecule has 2 unspecified atom stereocenters. The lowest BCUT2D eigenvalue weighted by Gasteiger charge is -2.20. The van der Waals surface area contributed by atoms with E-state index in [1.54, 1.807) is 0 Å². The van der Waals surface area contributed by atoms with Crippen molar-refractivity contribution in [3.8, 4) is 0 Å². The summed E-state index contributed by atoms with van der Waals surface area (Å²) < 4.78 is 0. The van der Waals surface area contributed by atoms with Gasteiger partial charge >= 0.3 is 0 Å². The van der Waals surface area contributed by atoms with Gasteiger partial charge < -0.3 is 10.2 Å². The first-order chi connectivity index (χ1) is 9.72. The Morgan fingerprint density at radius 2 is 2.05 bits per heavy atom. The molecule has 3 heteroatoms. The van der Waals surface area contributed by atoms with Crippen LogP contribution < -0.4 is 10.2 Å². The van der Waals surface area contributed by atoms with Gasteiger partial charge in [-0.1, -0.05) is 20.3 Å². The fourth-order valence-corrected chi connectivity index (χ4v) is 3.69. The van der Waals surface area contributed by atoms with Gasteiger partial charge in [0.1, 0.15) is 0 Å². The van der Waals surface area contributed by atoms with E-state index in [1.165, 1.54) is 43.7 Å². The molecule has 1 N–H and O–H groups in total. The second-order valence-corrected chi connectivity index (χ2v) is 6.89. The van der Waals surface area contributed by atoms with E-state index in [2.05, 4.69) is 41.2 Å². The van der Waals surface area contributed by atoms with E-state index in [9.17, 15) is 0 Å². The van der Waals surface area contributed by atoms with Crippen molar-refractivity contribution in [1.82, 2.24) is 10.3 Å². The van der Waals surface area contributed by atoms with Gasteiger partial charge in [-0.2, -0.15) is 0 Å². The van der Waals surface area contributed by atoms with Crippen molar-refractivity contribution in [2.75, 3.05) is 24.5 Å². The molecule has 20 heavy (non-hydrogen) atoms. The first kappa shape index (κ1) is 13.9. The molecule has 1 aliphatic carbocycles. The van der Waals surface area contributed by atoms with E-state index in [-0.39, 0.29) is 0 Å². The Morgan fingerprint density at radius 3 is 2.75 bits per heavy atom. The standard InChI is InChI=1S/C17H27N3/c1-13(2)9-18-10-16-8-17(6-7-19-16)20-11-14-4-3-5-15(14)12-20/h6-8,13-15,18H,3-5,9-12H2,1-2H3. The Balaban J connectivity index is 1.60. The maximum atomic E-state index is 4.49. The third-order valence-corrected chi connectivity index (χ3v) is 4.75. The third-order valence-electron chi connectivity index (χ3n) is 4.75. The van der Waals surface area contributed by atoms with Crippen LogP contribution in [0, 0.1) is 17.8 Å². The fourth-order valence-electron chi connectivity index (χ4n) is 3.69. The highest BCUT2D eigenvalue weighted by Gasteiger charge is 2.36. The Labute approximate surface area is 122 Å². The van der Waals surface area contributed by atoms with Crippen molar-refractivity contribution in [3.05, 3.63) is 24.0 Å². The van der Waals surface area contributed by atoms with Crippen LogP contribution in [0.15, 0.2) is 18.3 Å². The largest absolute Gasteiger partial charge is 0.371 e. The average molecular weight is 273 g/mol. The molecule has 2 fully saturated rings. The molecule has 3 rings (SSSR count). The van der Waals surface area contributed by atoms with Crippen LogP contribution in [0.4, 0.5) is 5.69 Å². The molecule has 0 spiro atoms. The van der Waals surface area contributed by atoms with Crippen molar-refractivity contribution in [2.24, 2.45) is 17.8 Å². The van der Waals surface area contributed by atoms with Crippen LogP contribution in [0.1, 0.15) is 38.8 Å². The minimum Gasteiger partial charge on any atom is -0.371 e. The summed E-state index contributed by atoms with van der Waals surface area (Å²) in [5.74, 6) is 2.59. The summed E-state index contributed by atoms with van der Waals surface area (Å²) in [5, 5.41) is 3.48. The first-order valence-electron chi connectivity index (χ1n) is 8.13. The van der Waals surface area contributed by atoms with Gasteiger partial charge in [-0.15, -0.1) is 0 Å². The number of fused-ring (bicyclic) bond motifs is 1. The summed E-state index contributed by atoms with van der Waals surface area (Å²) in [6.07, 6.45) is 6.30. The van der Waals surface area contributed by atoms with Crippen LogP contribution >= 0.6 is 0 Å². The van der Waals surface area contributed by atoms with Crippen LogP contribution in [-0.2, 0) is 6.54 Å². The third kappa shape index (κ3) is 3.14. The van der Waals surface area contributed by atoms with Gasteiger partial charge in [0.15, 0.2) is 0 Å². The number of hydrogen-bond acceptors (Lipinski definition) is 3. The van der Waals surface area contributed by atoms with Crippen LogP contribution in [0.2, 0.25) is 0 Å². The highest BCUT2D eigenvalue weighted by molar-refractivity contribution is 5.48. The Bertz CT molecular complexity index is 432.